The van der Waals surface area contributed by atoms with E-state index in [-0.39, 0.29) is 0 Å². The molecule has 158 valence electrons. The third kappa shape index (κ3) is 4.02. The van der Waals surface area contributed by atoms with Gasteiger partial charge in [-0.05, 0) is 43.4 Å². The van der Waals surface area contributed by atoms with Gasteiger partial charge in [-0.25, -0.2) is 4.98 Å². The van der Waals surface area contributed by atoms with Crippen LogP contribution in [0.1, 0.15) is 36.0 Å². The second-order valence-corrected chi connectivity index (χ2v) is 9.00. The molecule has 3 aromatic rings. The van der Waals surface area contributed by atoms with Gasteiger partial charge in [-0.15, -0.1) is 11.3 Å². The molecule has 0 bridgehead atoms. The number of thiophene rings is 1. The summed E-state index contributed by atoms with van der Waals surface area (Å²) in [5, 5.41) is 1.10. The number of morpholine rings is 1. The van der Waals surface area contributed by atoms with E-state index >= 15 is 0 Å². The highest BCUT2D eigenvalue weighted by molar-refractivity contribution is 7.19. The van der Waals surface area contributed by atoms with Crippen LogP contribution in [0, 0.1) is 0 Å². The largest absolute Gasteiger partial charge is 0.490 e. The number of nitrogens with zero attached hydrogens (tertiary/aromatic N) is 2. The van der Waals surface area contributed by atoms with Crippen molar-refractivity contribution >= 4 is 21.6 Å². The lowest BCUT2D eigenvalue weighted by Crippen LogP contribution is -3.12. The third-order valence-corrected chi connectivity index (χ3v) is 6.89. The molecule has 0 radical (unpaired) electrons. The molecule has 0 unspecified atom stereocenters. The summed E-state index contributed by atoms with van der Waals surface area (Å²) in [5.74, 6) is 3.00. The number of aromatic nitrogens is 2. The van der Waals surface area contributed by atoms with Gasteiger partial charge in [-0.1, -0.05) is 19.1 Å². The Morgan fingerprint density at radius 1 is 1.10 bits per heavy atom. The van der Waals surface area contributed by atoms with E-state index in [0.717, 1.165) is 73.9 Å². The van der Waals surface area contributed by atoms with Crippen molar-refractivity contribution in [1.82, 2.24) is 9.97 Å². The van der Waals surface area contributed by atoms with Gasteiger partial charge in [0.25, 0.3) is 0 Å². The summed E-state index contributed by atoms with van der Waals surface area (Å²) in [4.78, 5) is 13.8. The Hall–Kier alpha value is -2.22. The maximum absolute atomic E-state index is 6.43. The third-order valence-electron chi connectivity index (χ3n) is 5.70. The highest BCUT2D eigenvalue weighted by Gasteiger charge is 2.25. The van der Waals surface area contributed by atoms with Gasteiger partial charge in [0.05, 0.1) is 25.2 Å². The second kappa shape index (κ2) is 8.88. The molecule has 0 spiro atoms. The van der Waals surface area contributed by atoms with Crippen LogP contribution < -0.4 is 14.4 Å². The molecule has 6 nitrogen and oxygen atoms in total. The number of benzene rings is 1. The minimum Gasteiger partial charge on any atom is -0.490 e. The fraction of sp³-hybridized carbons (Fsp3) is 0.478. The summed E-state index contributed by atoms with van der Waals surface area (Å²) < 4.78 is 17.8. The zero-order chi connectivity index (χ0) is 20.3. The molecular weight excluding hydrogens is 398 g/mol. The van der Waals surface area contributed by atoms with E-state index in [4.69, 9.17) is 24.2 Å². The molecule has 5 rings (SSSR count). The molecular formula is C23H28N3O3S+. The Balaban J connectivity index is 1.52. The highest BCUT2D eigenvalue weighted by atomic mass is 32.1. The SMILES string of the molecule is CCCOc1ccccc1Oc1nc(C[NH+]2CCOCC2)nc2sc3c(c12)CCC3. The maximum atomic E-state index is 6.43. The van der Waals surface area contributed by atoms with E-state index in [1.165, 1.54) is 21.8 Å². The van der Waals surface area contributed by atoms with E-state index in [1.807, 2.05) is 35.6 Å². The summed E-state index contributed by atoms with van der Waals surface area (Å²) >= 11 is 1.81. The number of nitrogens with one attached hydrogen (secondary N) is 1. The Labute approximate surface area is 180 Å². The number of quaternary nitrogens is 1. The average molecular weight is 427 g/mol. The van der Waals surface area contributed by atoms with Gasteiger partial charge in [-0.2, -0.15) is 4.98 Å². The summed E-state index contributed by atoms with van der Waals surface area (Å²) in [6.07, 6.45) is 4.37. The van der Waals surface area contributed by atoms with Gasteiger partial charge in [0, 0.05) is 4.88 Å². The van der Waals surface area contributed by atoms with Crippen LogP contribution >= 0.6 is 11.3 Å². The Kier molecular flexibility index (Phi) is 5.84. The number of hydrogen-bond donors (Lipinski definition) is 1. The predicted octanol–water partition coefficient (Wildman–Crippen LogP) is 3.18. The molecule has 1 aromatic carbocycles. The van der Waals surface area contributed by atoms with Crippen LogP contribution in [-0.2, 0) is 24.1 Å². The Morgan fingerprint density at radius 3 is 2.77 bits per heavy atom. The summed E-state index contributed by atoms with van der Waals surface area (Å²) in [6.45, 7) is 7.16. The van der Waals surface area contributed by atoms with Crippen molar-refractivity contribution in [3.8, 4) is 17.4 Å². The van der Waals surface area contributed by atoms with Crippen LogP contribution in [0.25, 0.3) is 10.2 Å². The van der Waals surface area contributed by atoms with E-state index in [1.54, 1.807) is 0 Å². The number of hydrogen-bond acceptors (Lipinski definition) is 6. The average Bonchev–Trinajstić information content (AvgIpc) is 3.35. The van der Waals surface area contributed by atoms with Crippen molar-refractivity contribution in [2.45, 2.75) is 39.2 Å². The van der Waals surface area contributed by atoms with Crippen molar-refractivity contribution in [3.05, 3.63) is 40.5 Å². The van der Waals surface area contributed by atoms with E-state index in [9.17, 15) is 0 Å². The molecule has 1 fully saturated rings. The summed E-state index contributed by atoms with van der Waals surface area (Å²) in [7, 11) is 0. The summed E-state index contributed by atoms with van der Waals surface area (Å²) in [6, 6.07) is 7.87. The Morgan fingerprint density at radius 2 is 1.93 bits per heavy atom. The van der Waals surface area contributed by atoms with E-state index in [2.05, 4.69) is 6.92 Å². The lowest BCUT2D eigenvalue weighted by molar-refractivity contribution is -0.922. The molecule has 0 saturated carbocycles. The van der Waals surface area contributed by atoms with E-state index in [0.29, 0.717) is 18.2 Å². The first-order valence-electron chi connectivity index (χ1n) is 10.9. The Bertz CT molecular complexity index is 1030. The van der Waals surface area contributed by atoms with Crippen LogP contribution in [-0.4, -0.2) is 42.9 Å². The maximum Gasteiger partial charge on any atom is 0.232 e. The van der Waals surface area contributed by atoms with Gasteiger partial charge in [-0.3, -0.25) is 0 Å². The number of ether oxygens (including phenoxy) is 3. The van der Waals surface area contributed by atoms with Gasteiger partial charge in [0.15, 0.2) is 17.3 Å². The summed E-state index contributed by atoms with van der Waals surface area (Å²) in [5.41, 5.74) is 1.38. The van der Waals surface area contributed by atoms with Gasteiger partial charge >= 0.3 is 0 Å². The molecule has 1 aliphatic carbocycles. The van der Waals surface area contributed by atoms with Gasteiger partial charge in [0.2, 0.25) is 5.88 Å². The molecule has 2 aromatic heterocycles. The van der Waals surface area contributed by atoms with Crippen molar-refractivity contribution in [2.75, 3.05) is 32.9 Å². The van der Waals surface area contributed by atoms with Gasteiger partial charge < -0.3 is 19.1 Å². The van der Waals surface area contributed by atoms with Crippen molar-refractivity contribution < 1.29 is 19.1 Å². The molecule has 0 amide bonds. The zero-order valence-corrected chi connectivity index (χ0v) is 18.2. The number of rotatable bonds is 7. The molecule has 0 atom stereocenters. The van der Waals surface area contributed by atoms with Crippen LogP contribution in [0.2, 0.25) is 0 Å². The minimum absolute atomic E-state index is 0.666. The predicted molar refractivity (Wildman–Crippen MR) is 117 cm³/mol. The monoisotopic (exact) mass is 426 g/mol. The van der Waals surface area contributed by atoms with Crippen LogP contribution in [0.3, 0.4) is 0 Å². The lowest BCUT2D eigenvalue weighted by atomic mass is 10.2. The minimum atomic E-state index is 0.666. The molecule has 1 aliphatic heterocycles. The lowest BCUT2D eigenvalue weighted by Gasteiger charge is -2.23. The smallest absolute Gasteiger partial charge is 0.232 e. The topological polar surface area (TPSA) is 57.9 Å². The fourth-order valence-electron chi connectivity index (χ4n) is 4.19. The molecule has 1 N–H and O–H groups in total. The first kappa shape index (κ1) is 19.7. The first-order chi connectivity index (χ1) is 14.8. The van der Waals surface area contributed by atoms with Crippen molar-refractivity contribution in [1.29, 1.82) is 0 Å². The molecule has 1 saturated heterocycles. The number of aryl methyl sites for hydroxylation is 2. The van der Waals surface area contributed by atoms with E-state index < -0.39 is 0 Å². The molecule has 7 heteroatoms. The molecule has 2 aliphatic rings. The van der Waals surface area contributed by atoms with Crippen LogP contribution in [0.15, 0.2) is 24.3 Å². The van der Waals surface area contributed by atoms with Gasteiger partial charge in [0.1, 0.15) is 24.5 Å². The molecule has 3 heterocycles. The number of para-hydroxylation sites is 2. The van der Waals surface area contributed by atoms with Crippen molar-refractivity contribution in [2.24, 2.45) is 0 Å². The second-order valence-electron chi connectivity index (χ2n) is 7.92. The standard InChI is InChI=1S/C23H27N3O3S/c1-2-12-28-17-7-3-4-8-18(17)29-22-21-16-6-5-9-19(16)30-23(21)25-20(24-22)15-26-10-13-27-14-11-26/h3-4,7-8H,2,5-6,9-15H2,1H3/p+1. The fourth-order valence-corrected chi connectivity index (χ4v) is 5.46. The molecule has 30 heavy (non-hydrogen) atoms. The highest BCUT2D eigenvalue weighted by Crippen LogP contribution is 2.42. The van der Waals surface area contributed by atoms with Crippen LogP contribution in [0.4, 0.5) is 0 Å². The van der Waals surface area contributed by atoms with Crippen molar-refractivity contribution in [3.63, 3.8) is 0 Å². The normalized spacial score (nSPS) is 16.7. The zero-order valence-electron chi connectivity index (χ0n) is 17.4. The number of fused-ring (bicyclic) bond motifs is 3. The first-order valence-corrected chi connectivity index (χ1v) is 11.8. The van der Waals surface area contributed by atoms with Crippen LogP contribution in [0.5, 0.6) is 17.4 Å². The quantitative estimate of drug-likeness (QED) is 0.629.